The number of sulfone groups is 1. The van der Waals surface area contributed by atoms with Crippen molar-refractivity contribution in [2.45, 2.75) is 42.4 Å². The van der Waals surface area contributed by atoms with Gasteiger partial charge in [0.2, 0.25) is 0 Å². The third-order valence-corrected chi connectivity index (χ3v) is 5.74. The third kappa shape index (κ3) is 0.941. The molecule has 0 spiro atoms. The number of fused-ring (bicyclic) bond motifs is 2. The maximum absolute atomic E-state index is 11.5. The van der Waals surface area contributed by atoms with Crippen LogP contribution in [0.15, 0.2) is 0 Å². The topological polar surface area (TPSA) is 60.2 Å². The third-order valence-electron chi connectivity index (χ3n) is 3.62. The molecule has 0 heterocycles. The van der Waals surface area contributed by atoms with Gasteiger partial charge in [0.25, 0.3) is 0 Å². The first-order valence-electron chi connectivity index (χ1n) is 4.36. The summed E-state index contributed by atoms with van der Waals surface area (Å²) >= 11 is 0. The predicted molar refractivity (Wildman–Crippen MR) is 47.6 cm³/mol. The average Bonchev–Trinajstić information content (AvgIpc) is 2.40. The summed E-state index contributed by atoms with van der Waals surface area (Å²) < 4.78 is 22.6. The van der Waals surface area contributed by atoms with E-state index in [1.165, 1.54) is 6.26 Å². The van der Waals surface area contributed by atoms with Crippen LogP contribution in [0.3, 0.4) is 0 Å². The van der Waals surface area contributed by atoms with E-state index in [1.807, 2.05) is 0 Å². The molecule has 0 atom stereocenters. The molecule has 0 radical (unpaired) electrons. The molecule has 0 unspecified atom stereocenters. The van der Waals surface area contributed by atoms with Crippen LogP contribution >= 0.6 is 0 Å². The van der Waals surface area contributed by atoms with E-state index in [9.17, 15) is 8.42 Å². The van der Waals surface area contributed by atoms with Gasteiger partial charge in [-0.05, 0) is 32.1 Å². The maximum Gasteiger partial charge on any atom is 0.153 e. The highest BCUT2D eigenvalue weighted by molar-refractivity contribution is 7.92. The van der Waals surface area contributed by atoms with Crippen molar-refractivity contribution in [2.75, 3.05) is 6.26 Å². The molecule has 2 N–H and O–H groups in total. The Balaban J connectivity index is 2.39. The Morgan fingerprint density at radius 3 is 1.83 bits per heavy atom. The van der Waals surface area contributed by atoms with Crippen molar-refractivity contribution >= 4 is 9.84 Å². The van der Waals surface area contributed by atoms with Crippen LogP contribution in [0.5, 0.6) is 0 Å². The van der Waals surface area contributed by atoms with Crippen LogP contribution < -0.4 is 5.73 Å². The second-order valence-corrected chi connectivity index (χ2v) is 6.90. The van der Waals surface area contributed by atoms with E-state index in [0.717, 1.165) is 25.7 Å². The number of hydrogen-bond donors (Lipinski definition) is 1. The molecule has 2 fully saturated rings. The zero-order chi connectivity index (χ0) is 9.04. The van der Waals surface area contributed by atoms with E-state index in [4.69, 9.17) is 5.73 Å². The number of rotatable bonds is 1. The Labute approximate surface area is 73.2 Å². The van der Waals surface area contributed by atoms with Crippen molar-refractivity contribution in [1.82, 2.24) is 0 Å². The zero-order valence-corrected chi connectivity index (χ0v) is 8.15. The summed E-state index contributed by atoms with van der Waals surface area (Å²) in [5, 5.41) is 0. The molecule has 0 aromatic rings. The molecule has 4 heteroatoms. The monoisotopic (exact) mass is 189 g/mol. The molecule has 0 saturated heterocycles. The van der Waals surface area contributed by atoms with Gasteiger partial charge < -0.3 is 5.73 Å². The van der Waals surface area contributed by atoms with Crippen LogP contribution in [0.1, 0.15) is 32.1 Å². The van der Waals surface area contributed by atoms with Crippen molar-refractivity contribution in [3.63, 3.8) is 0 Å². The summed E-state index contributed by atoms with van der Waals surface area (Å²) in [5.74, 6) is 0. The molecule has 2 bridgehead atoms. The fourth-order valence-electron chi connectivity index (χ4n) is 2.70. The lowest BCUT2D eigenvalue weighted by Crippen LogP contribution is -2.34. The first kappa shape index (κ1) is 8.51. The Morgan fingerprint density at radius 2 is 1.67 bits per heavy atom. The second-order valence-electron chi connectivity index (χ2n) is 4.49. The van der Waals surface area contributed by atoms with E-state index >= 15 is 0 Å². The lowest BCUT2D eigenvalue weighted by molar-refractivity contribution is 0.420. The molecule has 2 rings (SSSR count). The lowest BCUT2D eigenvalue weighted by atomic mass is 9.95. The molecular formula is C8H15NO2S. The Morgan fingerprint density at radius 1 is 1.17 bits per heavy atom. The van der Waals surface area contributed by atoms with E-state index in [2.05, 4.69) is 0 Å². The molecular weight excluding hydrogens is 174 g/mol. The van der Waals surface area contributed by atoms with Gasteiger partial charge in [-0.3, -0.25) is 0 Å². The Kier molecular flexibility index (Phi) is 1.45. The molecule has 0 aromatic carbocycles. The minimum absolute atomic E-state index is 0.150. The smallest absolute Gasteiger partial charge is 0.153 e. The molecule has 0 aromatic heterocycles. The van der Waals surface area contributed by atoms with E-state index in [-0.39, 0.29) is 5.54 Å². The molecule has 0 amide bonds. The Hall–Kier alpha value is -0.0900. The number of hydrogen-bond acceptors (Lipinski definition) is 3. The van der Waals surface area contributed by atoms with Gasteiger partial charge in [0.1, 0.15) is 0 Å². The highest BCUT2D eigenvalue weighted by Crippen LogP contribution is 2.53. The minimum Gasteiger partial charge on any atom is -0.325 e. The number of nitrogens with two attached hydrogens (primary N) is 1. The van der Waals surface area contributed by atoms with Crippen LogP contribution in [0.2, 0.25) is 0 Å². The highest BCUT2D eigenvalue weighted by Gasteiger charge is 2.57. The van der Waals surface area contributed by atoms with Crippen molar-refractivity contribution in [1.29, 1.82) is 0 Å². The summed E-state index contributed by atoms with van der Waals surface area (Å²) in [6.07, 6.45) is 5.38. The highest BCUT2D eigenvalue weighted by atomic mass is 32.2. The molecule has 3 nitrogen and oxygen atoms in total. The molecule has 2 saturated carbocycles. The van der Waals surface area contributed by atoms with Crippen LogP contribution in [-0.2, 0) is 9.84 Å². The Bertz CT molecular complexity index is 299. The summed E-state index contributed by atoms with van der Waals surface area (Å²) in [6.45, 7) is 0. The van der Waals surface area contributed by atoms with E-state index in [0.29, 0.717) is 6.42 Å². The standard InChI is InChI=1S/C8H15NO2S/c1-12(10,11)8-4-2-7(9,6-8)3-5-8/h2-6,9H2,1H3. The minimum atomic E-state index is -2.89. The quantitative estimate of drug-likeness (QED) is 0.651. The average molecular weight is 189 g/mol. The van der Waals surface area contributed by atoms with Crippen LogP contribution in [0, 0.1) is 0 Å². The van der Waals surface area contributed by atoms with Gasteiger partial charge in [-0.1, -0.05) is 0 Å². The van der Waals surface area contributed by atoms with E-state index < -0.39 is 14.6 Å². The van der Waals surface area contributed by atoms with Crippen molar-refractivity contribution in [2.24, 2.45) is 5.73 Å². The summed E-state index contributed by atoms with van der Waals surface area (Å²) in [7, 11) is -2.89. The first-order valence-corrected chi connectivity index (χ1v) is 6.25. The van der Waals surface area contributed by atoms with Crippen LogP contribution in [-0.4, -0.2) is 25.0 Å². The second kappa shape index (κ2) is 2.04. The van der Waals surface area contributed by atoms with Gasteiger partial charge in [-0.2, -0.15) is 0 Å². The summed E-state index contributed by atoms with van der Waals surface area (Å²) in [6, 6.07) is 0. The fourth-order valence-corrected chi connectivity index (χ4v) is 4.20. The van der Waals surface area contributed by atoms with Gasteiger partial charge in [0.05, 0.1) is 4.75 Å². The molecule has 0 aliphatic heterocycles. The van der Waals surface area contributed by atoms with Gasteiger partial charge in [-0.25, -0.2) is 8.42 Å². The van der Waals surface area contributed by atoms with E-state index in [1.54, 1.807) is 0 Å². The fraction of sp³-hybridized carbons (Fsp3) is 1.00. The zero-order valence-electron chi connectivity index (χ0n) is 7.34. The largest absolute Gasteiger partial charge is 0.325 e. The van der Waals surface area contributed by atoms with Crippen molar-refractivity contribution in [3.8, 4) is 0 Å². The van der Waals surface area contributed by atoms with Crippen molar-refractivity contribution in [3.05, 3.63) is 0 Å². The first-order chi connectivity index (χ1) is 5.37. The van der Waals surface area contributed by atoms with Gasteiger partial charge >= 0.3 is 0 Å². The molecule has 12 heavy (non-hydrogen) atoms. The van der Waals surface area contributed by atoms with Gasteiger partial charge in [-0.15, -0.1) is 0 Å². The van der Waals surface area contributed by atoms with Crippen LogP contribution in [0.25, 0.3) is 0 Å². The molecule has 2 aliphatic carbocycles. The molecule has 70 valence electrons. The SMILES string of the molecule is CS(=O)(=O)C12CCC(N)(CC1)C2. The van der Waals surface area contributed by atoms with Gasteiger partial charge in [0.15, 0.2) is 9.84 Å². The predicted octanol–water partition coefficient (Wildman–Crippen LogP) is 0.445. The van der Waals surface area contributed by atoms with Gasteiger partial charge in [0, 0.05) is 11.8 Å². The van der Waals surface area contributed by atoms with Crippen molar-refractivity contribution < 1.29 is 8.42 Å². The normalized spacial score (nSPS) is 46.8. The molecule has 2 aliphatic rings. The maximum atomic E-state index is 11.5. The summed E-state index contributed by atoms with van der Waals surface area (Å²) in [5.41, 5.74) is 5.87. The summed E-state index contributed by atoms with van der Waals surface area (Å²) in [4.78, 5) is 0. The lowest BCUT2D eigenvalue weighted by Gasteiger charge is -2.24. The van der Waals surface area contributed by atoms with Crippen LogP contribution in [0.4, 0.5) is 0 Å².